The van der Waals surface area contributed by atoms with Crippen LogP contribution in [0.3, 0.4) is 0 Å². The number of carbonyl (C=O) groups is 2. The quantitative estimate of drug-likeness (QED) is 0.856. The molecule has 4 bridgehead atoms. The molecule has 4 saturated carbocycles. The fourth-order valence-corrected chi connectivity index (χ4v) is 6.60. The molecule has 1 aromatic carbocycles. The molecule has 144 valence electrons. The van der Waals surface area contributed by atoms with E-state index in [9.17, 15) is 9.59 Å². The predicted octanol–water partition coefficient (Wildman–Crippen LogP) is 3.30. The number of carboxylic acids is 1. The molecule has 1 unspecified atom stereocenters. The lowest BCUT2D eigenvalue weighted by Gasteiger charge is -2.56. The summed E-state index contributed by atoms with van der Waals surface area (Å²) in [5, 5.41) is 12.6. The lowest BCUT2D eigenvalue weighted by atomic mass is 9.53. The second-order valence-electron chi connectivity index (χ2n) is 9.47. The first-order valence-electron chi connectivity index (χ1n) is 10.4. The van der Waals surface area contributed by atoms with Gasteiger partial charge in [0.25, 0.3) is 5.91 Å². The first-order chi connectivity index (χ1) is 13.0. The van der Waals surface area contributed by atoms with Gasteiger partial charge in [-0.1, -0.05) is 0 Å². The molecule has 0 spiro atoms. The minimum absolute atomic E-state index is 0.0359. The first-order valence-corrected chi connectivity index (χ1v) is 10.4. The lowest BCUT2D eigenvalue weighted by molar-refractivity contribution is -0.140. The van der Waals surface area contributed by atoms with Crippen LogP contribution in [0.2, 0.25) is 0 Å². The monoisotopic (exact) mass is 368 g/mol. The molecule has 0 radical (unpaired) electrons. The Morgan fingerprint density at radius 1 is 1.00 bits per heavy atom. The van der Waals surface area contributed by atoms with Crippen molar-refractivity contribution in [2.45, 2.75) is 50.5 Å². The number of aliphatic carboxylic acids is 1. The van der Waals surface area contributed by atoms with Crippen LogP contribution in [0.5, 0.6) is 0 Å². The Balaban J connectivity index is 1.26. The SMILES string of the molecule is O=C(NC12CC3CC(CC(C3)C1)C2)c1ccc(N2CCC(C(=O)O)C2)cc1. The smallest absolute Gasteiger partial charge is 0.308 e. The van der Waals surface area contributed by atoms with Crippen molar-refractivity contribution in [1.82, 2.24) is 5.32 Å². The van der Waals surface area contributed by atoms with E-state index in [1.807, 2.05) is 24.3 Å². The number of anilines is 1. The largest absolute Gasteiger partial charge is 0.481 e. The van der Waals surface area contributed by atoms with Crippen LogP contribution in [0.1, 0.15) is 55.3 Å². The fourth-order valence-electron chi connectivity index (χ4n) is 6.60. The summed E-state index contributed by atoms with van der Waals surface area (Å²) in [5.74, 6) is 1.49. The van der Waals surface area contributed by atoms with Crippen LogP contribution in [0, 0.1) is 23.7 Å². The van der Waals surface area contributed by atoms with Crippen molar-refractivity contribution in [1.29, 1.82) is 0 Å². The van der Waals surface area contributed by atoms with E-state index >= 15 is 0 Å². The average Bonchev–Trinajstić information content (AvgIpc) is 3.10. The number of hydrogen-bond donors (Lipinski definition) is 2. The third-order valence-corrected chi connectivity index (χ3v) is 7.45. The number of hydrogen-bond acceptors (Lipinski definition) is 3. The van der Waals surface area contributed by atoms with Gasteiger partial charge in [-0.25, -0.2) is 0 Å². The van der Waals surface area contributed by atoms with E-state index in [4.69, 9.17) is 5.11 Å². The molecule has 5 aliphatic rings. The van der Waals surface area contributed by atoms with Gasteiger partial charge in [0, 0.05) is 29.9 Å². The maximum atomic E-state index is 12.9. The molecule has 1 aromatic rings. The molecular formula is C22H28N2O3. The zero-order valence-electron chi connectivity index (χ0n) is 15.7. The highest BCUT2D eigenvalue weighted by Crippen LogP contribution is 2.55. The molecule has 4 aliphatic carbocycles. The molecule has 1 saturated heterocycles. The fraction of sp³-hybridized carbons (Fsp3) is 0.636. The summed E-state index contributed by atoms with van der Waals surface area (Å²) in [7, 11) is 0. The van der Waals surface area contributed by atoms with Gasteiger partial charge >= 0.3 is 5.97 Å². The number of rotatable bonds is 4. The van der Waals surface area contributed by atoms with E-state index in [1.165, 1.54) is 19.3 Å². The maximum absolute atomic E-state index is 12.9. The van der Waals surface area contributed by atoms with Gasteiger partial charge in [0.2, 0.25) is 0 Å². The molecule has 1 atom stereocenters. The Labute approximate surface area is 160 Å². The molecule has 1 aliphatic heterocycles. The molecular weight excluding hydrogens is 340 g/mol. The molecule has 5 fully saturated rings. The van der Waals surface area contributed by atoms with E-state index in [0.717, 1.165) is 49.2 Å². The van der Waals surface area contributed by atoms with Gasteiger partial charge in [0.1, 0.15) is 0 Å². The normalized spacial score (nSPS) is 36.8. The highest BCUT2D eigenvalue weighted by Gasteiger charge is 2.51. The lowest BCUT2D eigenvalue weighted by Crippen LogP contribution is -2.59. The number of amides is 1. The Morgan fingerprint density at radius 2 is 1.59 bits per heavy atom. The zero-order valence-corrected chi connectivity index (χ0v) is 15.7. The molecule has 6 rings (SSSR count). The minimum atomic E-state index is -0.718. The van der Waals surface area contributed by atoms with Crippen LogP contribution in [0.25, 0.3) is 0 Å². The number of benzene rings is 1. The molecule has 5 nitrogen and oxygen atoms in total. The maximum Gasteiger partial charge on any atom is 0.308 e. The summed E-state index contributed by atoms with van der Waals surface area (Å²) in [6.07, 6.45) is 8.28. The van der Waals surface area contributed by atoms with Gasteiger partial charge in [-0.2, -0.15) is 0 Å². The second-order valence-corrected chi connectivity index (χ2v) is 9.47. The zero-order chi connectivity index (χ0) is 18.6. The van der Waals surface area contributed by atoms with Crippen LogP contribution in [0.4, 0.5) is 5.69 Å². The Bertz CT molecular complexity index is 722. The van der Waals surface area contributed by atoms with E-state index in [2.05, 4.69) is 10.2 Å². The highest BCUT2D eigenvalue weighted by atomic mass is 16.4. The van der Waals surface area contributed by atoms with Crippen molar-refractivity contribution >= 4 is 17.6 Å². The Kier molecular flexibility index (Phi) is 3.95. The van der Waals surface area contributed by atoms with E-state index in [0.29, 0.717) is 18.5 Å². The first kappa shape index (κ1) is 17.1. The van der Waals surface area contributed by atoms with Gasteiger partial charge in [-0.05, 0) is 87.0 Å². The number of nitrogens with one attached hydrogen (secondary N) is 1. The summed E-state index contributed by atoms with van der Waals surface area (Å²) >= 11 is 0. The summed E-state index contributed by atoms with van der Waals surface area (Å²) in [6, 6.07) is 7.69. The van der Waals surface area contributed by atoms with Crippen LogP contribution < -0.4 is 10.2 Å². The van der Waals surface area contributed by atoms with Gasteiger partial charge in [-0.3, -0.25) is 9.59 Å². The van der Waals surface area contributed by atoms with Crippen molar-refractivity contribution in [3.05, 3.63) is 29.8 Å². The molecule has 27 heavy (non-hydrogen) atoms. The molecule has 2 N–H and O–H groups in total. The van der Waals surface area contributed by atoms with Crippen LogP contribution in [-0.4, -0.2) is 35.6 Å². The Morgan fingerprint density at radius 3 is 2.11 bits per heavy atom. The van der Waals surface area contributed by atoms with Crippen molar-refractivity contribution in [2.24, 2.45) is 23.7 Å². The van der Waals surface area contributed by atoms with Gasteiger partial charge in [0.05, 0.1) is 5.92 Å². The molecule has 1 heterocycles. The summed E-state index contributed by atoms with van der Waals surface area (Å²) in [4.78, 5) is 26.1. The average molecular weight is 368 g/mol. The minimum Gasteiger partial charge on any atom is -0.481 e. The van der Waals surface area contributed by atoms with Gasteiger partial charge in [-0.15, -0.1) is 0 Å². The Hall–Kier alpha value is -2.04. The third kappa shape index (κ3) is 3.11. The molecule has 0 aromatic heterocycles. The van der Waals surface area contributed by atoms with Crippen molar-refractivity contribution in [3.63, 3.8) is 0 Å². The standard InChI is InChI=1S/C22H28N2O3/c25-20(23-22-10-14-7-15(11-22)9-16(8-14)12-22)17-1-3-19(4-2-17)24-6-5-18(13-24)21(26)27/h1-4,14-16,18H,5-13H2,(H,23,25)(H,26,27). The second kappa shape index (κ2) is 6.25. The predicted molar refractivity (Wildman–Crippen MR) is 103 cm³/mol. The van der Waals surface area contributed by atoms with Crippen molar-refractivity contribution in [3.8, 4) is 0 Å². The van der Waals surface area contributed by atoms with Crippen molar-refractivity contribution < 1.29 is 14.7 Å². The van der Waals surface area contributed by atoms with E-state index in [1.54, 1.807) is 0 Å². The summed E-state index contributed by atoms with van der Waals surface area (Å²) < 4.78 is 0. The van der Waals surface area contributed by atoms with Crippen LogP contribution in [0.15, 0.2) is 24.3 Å². The number of nitrogens with zero attached hydrogens (tertiary/aromatic N) is 1. The summed E-state index contributed by atoms with van der Waals surface area (Å²) in [6.45, 7) is 1.31. The summed E-state index contributed by atoms with van der Waals surface area (Å²) in [5.41, 5.74) is 1.75. The van der Waals surface area contributed by atoms with Gasteiger partial charge < -0.3 is 15.3 Å². The van der Waals surface area contributed by atoms with Crippen LogP contribution >= 0.6 is 0 Å². The number of carboxylic acid groups (broad SMARTS) is 1. The molecule has 1 amide bonds. The highest BCUT2D eigenvalue weighted by molar-refractivity contribution is 5.95. The number of carbonyl (C=O) groups excluding carboxylic acids is 1. The molecule has 5 heteroatoms. The van der Waals surface area contributed by atoms with Crippen LogP contribution in [-0.2, 0) is 4.79 Å². The van der Waals surface area contributed by atoms with Crippen molar-refractivity contribution in [2.75, 3.05) is 18.0 Å². The van der Waals surface area contributed by atoms with E-state index < -0.39 is 5.97 Å². The van der Waals surface area contributed by atoms with E-state index in [-0.39, 0.29) is 17.4 Å². The third-order valence-electron chi connectivity index (χ3n) is 7.45. The topological polar surface area (TPSA) is 69.6 Å². The van der Waals surface area contributed by atoms with Gasteiger partial charge in [0.15, 0.2) is 0 Å².